The summed E-state index contributed by atoms with van der Waals surface area (Å²) >= 11 is 0. The zero-order valence-corrected chi connectivity index (χ0v) is 22.0. The number of aliphatic hydroxyl groups excluding tert-OH is 2. The highest BCUT2D eigenvalue weighted by Crippen LogP contribution is 2.69. The predicted octanol–water partition coefficient (Wildman–Crippen LogP) is 1.64. The second-order valence-electron chi connectivity index (χ2n) is 13.4. The molecule has 0 radical (unpaired) electrons. The first-order chi connectivity index (χ1) is 16.5. The molecule has 0 spiro atoms. The fourth-order valence-electron chi connectivity index (χ4n) is 8.94. The lowest BCUT2D eigenvalue weighted by Gasteiger charge is -2.63. The SMILES string of the molecule is C[C@@H]1C[C@H]([C@](C)(O)[C@H]2CC[C@@]3(O)C4=CC(=O)[C@]5(O)C[C@@H](O)[C@@H](O)C[C@]5(C)[C@H]4CC[C@]23C)OC(=O)[C@@H]1C. The van der Waals surface area contributed by atoms with Crippen LogP contribution in [0, 0.1) is 34.5 Å². The van der Waals surface area contributed by atoms with Gasteiger partial charge in [-0.05, 0) is 74.9 Å². The molecule has 1 saturated heterocycles. The van der Waals surface area contributed by atoms with Gasteiger partial charge in [0.15, 0.2) is 5.78 Å². The van der Waals surface area contributed by atoms with Gasteiger partial charge in [0.25, 0.3) is 0 Å². The molecule has 0 unspecified atom stereocenters. The Morgan fingerprint density at radius 2 is 1.61 bits per heavy atom. The summed E-state index contributed by atoms with van der Waals surface area (Å²) in [6, 6.07) is 0. The van der Waals surface area contributed by atoms with Gasteiger partial charge in [0.05, 0.1) is 23.7 Å². The van der Waals surface area contributed by atoms with Gasteiger partial charge in [-0.25, -0.2) is 0 Å². The van der Waals surface area contributed by atoms with Gasteiger partial charge < -0.3 is 30.3 Å². The largest absolute Gasteiger partial charge is 0.459 e. The molecule has 5 N–H and O–H groups in total. The summed E-state index contributed by atoms with van der Waals surface area (Å²) in [7, 11) is 0. The Balaban J connectivity index is 1.52. The summed E-state index contributed by atoms with van der Waals surface area (Å²) in [5, 5.41) is 56.5. The van der Waals surface area contributed by atoms with Crippen LogP contribution in [0.4, 0.5) is 0 Å². The van der Waals surface area contributed by atoms with Crippen LogP contribution in [0.2, 0.25) is 0 Å². The van der Waals surface area contributed by atoms with Gasteiger partial charge in [-0.2, -0.15) is 0 Å². The van der Waals surface area contributed by atoms with E-state index in [2.05, 4.69) is 0 Å². The smallest absolute Gasteiger partial charge is 0.309 e. The van der Waals surface area contributed by atoms with E-state index in [1.54, 1.807) is 13.8 Å². The van der Waals surface area contributed by atoms with E-state index in [1.807, 2.05) is 20.8 Å². The molecule has 0 aromatic rings. The van der Waals surface area contributed by atoms with Crippen molar-refractivity contribution in [1.82, 2.24) is 0 Å². The molecule has 1 heterocycles. The monoisotopic (exact) mass is 506 g/mol. The van der Waals surface area contributed by atoms with Crippen molar-refractivity contribution in [2.75, 3.05) is 0 Å². The fraction of sp³-hybridized carbons (Fsp3) is 0.857. The van der Waals surface area contributed by atoms with Crippen LogP contribution in [0.15, 0.2) is 11.6 Å². The summed E-state index contributed by atoms with van der Waals surface area (Å²) in [5.41, 5.74) is -5.81. The molecule has 0 aromatic carbocycles. The maximum absolute atomic E-state index is 13.4. The maximum Gasteiger partial charge on any atom is 0.309 e. The molecule has 4 fully saturated rings. The van der Waals surface area contributed by atoms with Crippen molar-refractivity contribution in [2.45, 2.75) is 115 Å². The van der Waals surface area contributed by atoms with Crippen LogP contribution in [0.5, 0.6) is 0 Å². The van der Waals surface area contributed by atoms with Crippen LogP contribution in [0.3, 0.4) is 0 Å². The maximum atomic E-state index is 13.4. The molecule has 0 bridgehead atoms. The molecule has 8 heteroatoms. The first kappa shape index (κ1) is 26.3. The van der Waals surface area contributed by atoms with Crippen molar-refractivity contribution in [3.8, 4) is 0 Å². The topological polar surface area (TPSA) is 145 Å². The summed E-state index contributed by atoms with van der Waals surface area (Å²) in [6.07, 6.45) is 0.752. The van der Waals surface area contributed by atoms with Gasteiger partial charge in [0.1, 0.15) is 17.3 Å². The fourth-order valence-corrected chi connectivity index (χ4v) is 8.94. The minimum Gasteiger partial charge on any atom is -0.459 e. The Hall–Kier alpha value is -1.32. The molecule has 1 aliphatic heterocycles. The molecule has 8 nitrogen and oxygen atoms in total. The highest BCUT2D eigenvalue weighted by molar-refractivity contribution is 6.00. The van der Waals surface area contributed by atoms with E-state index in [-0.39, 0.29) is 42.5 Å². The molecule has 36 heavy (non-hydrogen) atoms. The average Bonchev–Trinajstić information content (AvgIpc) is 3.07. The van der Waals surface area contributed by atoms with Gasteiger partial charge in [0, 0.05) is 17.3 Å². The van der Waals surface area contributed by atoms with Crippen molar-refractivity contribution in [3.05, 3.63) is 11.6 Å². The molecular weight excluding hydrogens is 464 g/mol. The first-order valence-electron chi connectivity index (χ1n) is 13.5. The van der Waals surface area contributed by atoms with E-state index in [9.17, 15) is 35.1 Å². The average molecular weight is 507 g/mol. The van der Waals surface area contributed by atoms with E-state index >= 15 is 0 Å². The van der Waals surface area contributed by atoms with Crippen molar-refractivity contribution < 1.29 is 39.9 Å². The van der Waals surface area contributed by atoms with E-state index in [0.717, 1.165) is 0 Å². The highest BCUT2D eigenvalue weighted by Gasteiger charge is 2.72. The van der Waals surface area contributed by atoms with Crippen molar-refractivity contribution in [3.63, 3.8) is 0 Å². The predicted molar refractivity (Wildman–Crippen MR) is 129 cm³/mol. The summed E-state index contributed by atoms with van der Waals surface area (Å²) in [6.45, 7) is 9.28. The first-order valence-corrected chi connectivity index (χ1v) is 13.5. The third-order valence-electron chi connectivity index (χ3n) is 11.7. The molecule has 5 aliphatic rings. The van der Waals surface area contributed by atoms with Gasteiger partial charge >= 0.3 is 5.97 Å². The Kier molecular flexibility index (Phi) is 5.74. The number of ketones is 1. The quantitative estimate of drug-likeness (QED) is 0.356. The molecule has 0 amide bonds. The van der Waals surface area contributed by atoms with Crippen molar-refractivity contribution in [1.29, 1.82) is 0 Å². The van der Waals surface area contributed by atoms with Crippen LogP contribution in [0.25, 0.3) is 0 Å². The number of carbonyl (C=O) groups excluding carboxylic acids is 2. The van der Waals surface area contributed by atoms with Crippen LogP contribution < -0.4 is 0 Å². The van der Waals surface area contributed by atoms with Gasteiger partial charge in [-0.1, -0.05) is 27.7 Å². The number of fused-ring (bicyclic) bond motifs is 5. The Morgan fingerprint density at radius 3 is 2.25 bits per heavy atom. The second-order valence-corrected chi connectivity index (χ2v) is 13.4. The third kappa shape index (κ3) is 3.11. The number of hydrogen-bond donors (Lipinski definition) is 5. The molecule has 5 rings (SSSR count). The number of ether oxygens (including phenoxy) is 1. The lowest BCUT2D eigenvalue weighted by atomic mass is 9.44. The summed E-state index contributed by atoms with van der Waals surface area (Å²) in [4.78, 5) is 25.9. The number of cyclic esters (lactones) is 1. The third-order valence-corrected chi connectivity index (χ3v) is 11.7. The minimum absolute atomic E-state index is 0.0560. The molecule has 3 saturated carbocycles. The highest BCUT2D eigenvalue weighted by atomic mass is 16.6. The lowest BCUT2D eigenvalue weighted by Crippen LogP contribution is -2.69. The molecule has 202 valence electrons. The zero-order chi connectivity index (χ0) is 26.6. The summed E-state index contributed by atoms with van der Waals surface area (Å²) < 4.78 is 5.73. The van der Waals surface area contributed by atoms with E-state index < -0.39 is 51.7 Å². The molecule has 12 atom stereocenters. The van der Waals surface area contributed by atoms with Gasteiger partial charge in [0.2, 0.25) is 0 Å². The summed E-state index contributed by atoms with van der Waals surface area (Å²) in [5.74, 6) is -1.75. The van der Waals surface area contributed by atoms with E-state index in [1.165, 1.54) is 6.08 Å². The molecular formula is C28H42O8. The zero-order valence-electron chi connectivity index (χ0n) is 22.0. The van der Waals surface area contributed by atoms with Crippen LogP contribution >= 0.6 is 0 Å². The van der Waals surface area contributed by atoms with Crippen LogP contribution in [0.1, 0.15) is 79.6 Å². The van der Waals surface area contributed by atoms with Crippen molar-refractivity contribution in [2.24, 2.45) is 34.5 Å². The number of carbonyl (C=O) groups is 2. The minimum atomic E-state index is -1.81. The molecule has 4 aliphatic carbocycles. The Labute approximate surface area is 212 Å². The Morgan fingerprint density at radius 1 is 0.972 bits per heavy atom. The lowest BCUT2D eigenvalue weighted by molar-refractivity contribution is -0.217. The number of rotatable bonds is 2. The second kappa shape index (κ2) is 7.85. The van der Waals surface area contributed by atoms with E-state index in [0.29, 0.717) is 37.7 Å². The standard InChI is InChI=1S/C28H42O8/c1-14-10-22(36-23(32)15(14)2)26(5,33)20-7-9-27(34)17-11-21(31)28(35)13-19(30)18(29)12-25(28,4)16(17)6-8-24(20,27)3/h11,14-16,18-20,22,29-30,33-35H,6-10,12-13H2,1-5H3/t14-,15-,16+,18+,19-,20+,22-,24-,25-,26-,27-,28-/m1/s1. The molecule has 0 aromatic heterocycles. The number of esters is 1. The normalized spacial score (nSPS) is 54.5. The van der Waals surface area contributed by atoms with Crippen LogP contribution in [-0.4, -0.2) is 72.4 Å². The number of aliphatic hydroxyl groups is 5. The van der Waals surface area contributed by atoms with E-state index in [4.69, 9.17) is 4.74 Å². The Bertz CT molecular complexity index is 1010. The van der Waals surface area contributed by atoms with Crippen LogP contribution in [-0.2, 0) is 14.3 Å². The number of hydrogen-bond acceptors (Lipinski definition) is 8. The van der Waals surface area contributed by atoms with Crippen molar-refractivity contribution >= 4 is 11.8 Å². The van der Waals surface area contributed by atoms with Gasteiger partial charge in [-0.3, -0.25) is 9.59 Å². The van der Waals surface area contributed by atoms with Gasteiger partial charge in [-0.15, -0.1) is 0 Å².